The highest BCUT2D eigenvalue weighted by Gasteiger charge is 2.51. The molecule has 0 aromatic carbocycles. The van der Waals surface area contributed by atoms with Gasteiger partial charge in [-0.15, -0.1) is 0 Å². The number of rotatable bonds is 12. The number of hydrogen-bond donors (Lipinski definition) is 0. The van der Waals surface area contributed by atoms with Gasteiger partial charge in [-0.1, -0.05) is 0 Å². The Balaban J connectivity index is 4.12. The predicted molar refractivity (Wildman–Crippen MR) is 70.8 cm³/mol. The molecule has 0 radical (unpaired) electrons. The lowest BCUT2D eigenvalue weighted by Gasteiger charge is -2.13. The summed E-state index contributed by atoms with van der Waals surface area (Å²) in [4.78, 5) is 38.2. The average molecular weight is 340 g/mol. The molecule has 0 atom stereocenters. The van der Waals surface area contributed by atoms with Crippen molar-refractivity contribution >= 4 is 0 Å². The fraction of sp³-hybridized carbons (Fsp3) is 1.00. The SMILES string of the molecule is CC(CCCOCOCC(C)([N+](=O)[O-])[N+](=O)[O-])([N+](=O)[O-])[N+](=O)[O-]. The summed E-state index contributed by atoms with van der Waals surface area (Å²) >= 11 is 0. The summed E-state index contributed by atoms with van der Waals surface area (Å²) in [7, 11) is 0. The minimum Gasteiger partial charge on any atom is -0.355 e. The van der Waals surface area contributed by atoms with Crippen molar-refractivity contribution in [1.29, 1.82) is 0 Å². The van der Waals surface area contributed by atoms with E-state index in [1.807, 2.05) is 0 Å². The van der Waals surface area contributed by atoms with Crippen molar-refractivity contribution in [3.05, 3.63) is 40.5 Å². The molecule has 0 aliphatic rings. The van der Waals surface area contributed by atoms with Crippen molar-refractivity contribution in [2.45, 2.75) is 38.0 Å². The van der Waals surface area contributed by atoms with E-state index in [0.29, 0.717) is 0 Å². The molecular weight excluding hydrogens is 324 g/mol. The van der Waals surface area contributed by atoms with Gasteiger partial charge in [0.2, 0.25) is 0 Å². The third-order valence-electron chi connectivity index (χ3n) is 3.05. The average Bonchev–Trinajstić information content (AvgIpc) is 2.44. The van der Waals surface area contributed by atoms with Crippen LogP contribution in [0.5, 0.6) is 0 Å². The first-order valence-corrected chi connectivity index (χ1v) is 6.22. The van der Waals surface area contributed by atoms with E-state index in [1.165, 1.54) is 0 Å². The predicted octanol–water partition coefficient (Wildman–Crippen LogP) is 0.297. The van der Waals surface area contributed by atoms with Crippen LogP contribution in [0.1, 0.15) is 26.7 Å². The molecule has 23 heavy (non-hydrogen) atoms. The molecule has 0 aromatic heterocycles. The van der Waals surface area contributed by atoms with Gasteiger partial charge in [-0.05, 0) is 6.42 Å². The second-order valence-electron chi connectivity index (χ2n) is 4.94. The molecule has 0 aromatic rings. The molecule has 132 valence electrons. The molecule has 0 unspecified atom stereocenters. The molecule has 14 nitrogen and oxygen atoms in total. The Morgan fingerprint density at radius 1 is 0.783 bits per heavy atom. The van der Waals surface area contributed by atoms with Crippen molar-refractivity contribution in [1.82, 2.24) is 0 Å². The normalized spacial score (nSPS) is 11.9. The van der Waals surface area contributed by atoms with Gasteiger partial charge in [-0.2, -0.15) is 0 Å². The van der Waals surface area contributed by atoms with Crippen LogP contribution in [-0.2, 0) is 9.47 Å². The van der Waals surface area contributed by atoms with E-state index in [0.717, 1.165) is 13.8 Å². The third-order valence-corrected chi connectivity index (χ3v) is 3.05. The summed E-state index contributed by atoms with van der Waals surface area (Å²) in [6.07, 6.45) is -0.432. The minimum atomic E-state index is -2.51. The van der Waals surface area contributed by atoms with E-state index in [4.69, 9.17) is 4.74 Å². The fourth-order valence-corrected chi connectivity index (χ4v) is 1.28. The van der Waals surface area contributed by atoms with Crippen molar-refractivity contribution < 1.29 is 29.2 Å². The molecule has 0 spiro atoms. The van der Waals surface area contributed by atoms with Crippen LogP contribution in [0.3, 0.4) is 0 Å². The van der Waals surface area contributed by atoms with E-state index >= 15 is 0 Å². The number of nitrogens with zero attached hydrogens (tertiary/aromatic N) is 4. The Labute approximate surface area is 128 Å². The molecule has 0 saturated heterocycles. The van der Waals surface area contributed by atoms with Crippen molar-refractivity contribution in [2.75, 3.05) is 20.0 Å². The first-order chi connectivity index (χ1) is 10.5. The Morgan fingerprint density at radius 3 is 1.61 bits per heavy atom. The summed E-state index contributed by atoms with van der Waals surface area (Å²) in [6, 6.07) is 0. The minimum absolute atomic E-state index is 0.0381. The maximum atomic E-state index is 10.6. The lowest BCUT2D eigenvalue weighted by Crippen LogP contribution is -2.47. The largest absolute Gasteiger partial charge is 0.478 e. The number of ether oxygens (including phenoxy) is 2. The van der Waals surface area contributed by atoms with Gasteiger partial charge < -0.3 is 9.47 Å². The monoisotopic (exact) mass is 340 g/mol. The van der Waals surface area contributed by atoms with Crippen LogP contribution < -0.4 is 0 Å². The van der Waals surface area contributed by atoms with Crippen molar-refractivity contribution in [2.24, 2.45) is 0 Å². The standard InChI is InChI=1S/C9H16N4O10/c1-8(10(14)15,11(16)17)4-3-5-22-7-23-6-9(2,12(18)19)13(20)21/h3-7H2,1-2H3. The maximum absolute atomic E-state index is 10.6. The quantitative estimate of drug-likeness (QED) is 0.206. The summed E-state index contributed by atoms with van der Waals surface area (Å²) in [5.41, 5.74) is -4.85. The molecule has 0 bridgehead atoms. The smallest absolute Gasteiger partial charge is 0.355 e. The Morgan fingerprint density at radius 2 is 1.22 bits per heavy atom. The van der Waals surface area contributed by atoms with E-state index < -0.39 is 50.8 Å². The first kappa shape index (κ1) is 20.5. The van der Waals surface area contributed by atoms with Crippen LogP contribution in [0.25, 0.3) is 0 Å². The van der Waals surface area contributed by atoms with Crippen molar-refractivity contribution in [3.63, 3.8) is 0 Å². The molecule has 0 amide bonds. The summed E-state index contributed by atoms with van der Waals surface area (Å²) in [6.45, 7) is 0.125. The summed E-state index contributed by atoms with van der Waals surface area (Å²) in [5.74, 6) is 0. The highest BCUT2D eigenvalue weighted by Crippen LogP contribution is 2.17. The zero-order valence-electron chi connectivity index (χ0n) is 12.4. The zero-order chi connectivity index (χ0) is 18.3. The van der Waals surface area contributed by atoms with Crippen LogP contribution >= 0.6 is 0 Å². The zero-order valence-corrected chi connectivity index (χ0v) is 12.4. The molecule has 14 heteroatoms. The number of nitro groups is 4. The first-order valence-electron chi connectivity index (χ1n) is 6.22. The van der Waals surface area contributed by atoms with Gasteiger partial charge in [0.15, 0.2) is 6.61 Å². The van der Waals surface area contributed by atoms with Crippen LogP contribution in [-0.4, -0.2) is 51.0 Å². The topological polar surface area (TPSA) is 191 Å². The summed E-state index contributed by atoms with van der Waals surface area (Å²) in [5, 5.41) is 42.4. The van der Waals surface area contributed by atoms with Gasteiger partial charge in [0.05, 0.1) is 30.1 Å². The molecule has 0 rings (SSSR count). The van der Waals surface area contributed by atoms with E-state index in [1.54, 1.807) is 0 Å². The van der Waals surface area contributed by atoms with Gasteiger partial charge >= 0.3 is 11.3 Å². The molecular formula is C9H16N4O10. The van der Waals surface area contributed by atoms with Crippen LogP contribution in [0.2, 0.25) is 0 Å². The lowest BCUT2D eigenvalue weighted by atomic mass is 10.1. The molecule has 0 saturated carbocycles. The van der Waals surface area contributed by atoms with E-state index in [2.05, 4.69) is 4.74 Å². The van der Waals surface area contributed by atoms with Crippen molar-refractivity contribution in [3.8, 4) is 0 Å². The van der Waals surface area contributed by atoms with Gasteiger partial charge in [0.1, 0.15) is 16.6 Å². The fourth-order valence-electron chi connectivity index (χ4n) is 1.28. The Hall–Kier alpha value is -2.48. The molecule has 0 fully saturated rings. The van der Waals surface area contributed by atoms with Crippen LogP contribution in [0, 0.1) is 40.5 Å². The van der Waals surface area contributed by atoms with Crippen LogP contribution in [0.15, 0.2) is 0 Å². The molecule has 0 N–H and O–H groups in total. The van der Waals surface area contributed by atoms with E-state index in [-0.39, 0.29) is 13.0 Å². The molecule has 0 aliphatic heterocycles. The van der Waals surface area contributed by atoms with Crippen LogP contribution in [0.4, 0.5) is 0 Å². The molecule has 0 aliphatic carbocycles. The second-order valence-corrected chi connectivity index (χ2v) is 4.94. The van der Waals surface area contributed by atoms with Gasteiger partial charge in [-0.3, -0.25) is 40.5 Å². The second kappa shape index (κ2) is 8.23. The lowest BCUT2D eigenvalue weighted by molar-refractivity contribution is -0.794. The Bertz CT molecular complexity index is 411. The third kappa shape index (κ3) is 5.33. The highest BCUT2D eigenvalue weighted by molar-refractivity contribution is 4.60. The van der Waals surface area contributed by atoms with Gasteiger partial charge in [-0.25, -0.2) is 0 Å². The number of hydrogen-bond acceptors (Lipinski definition) is 10. The molecule has 0 heterocycles. The Kier molecular flexibility index (Phi) is 7.34. The van der Waals surface area contributed by atoms with Gasteiger partial charge in [0, 0.05) is 6.61 Å². The maximum Gasteiger partial charge on any atom is 0.478 e. The summed E-state index contributed by atoms with van der Waals surface area (Å²) < 4.78 is 9.51. The van der Waals surface area contributed by atoms with E-state index in [9.17, 15) is 40.5 Å². The highest BCUT2D eigenvalue weighted by atomic mass is 16.7. The van der Waals surface area contributed by atoms with Gasteiger partial charge in [0.25, 0.3) is 0 Å².